The Morgan fingerprint density at radius 2 is 2.07 bits per heavy atom. The fraction of sp³-hybridized carbons (Fsp3) is 0.316. The van der Waals surface area contributed by atoms with Crippen LogP contribution in [0.1, 0.15) is 26.4 Å². The highest BCUT2D eigenvalue weighted by Crippen LogP contribution is 2.29. The van der Waals surface area contributed by atoms with Gasteiger partial charge in [-0.15, -0.1) is 0 Å². The average molecular weight is 421 g/mol. The lowest BCUT2D eigenvalue weighted by Crippen LogP contribution is -2.50. The molecule has 2 aliphatic rings. The first-order chi connectivity index (χ1) is 14.3. The number of carbonyl (C=O) groups excluding carboxylic acids is 2. The van der Waals surface area contributed by atoms with Gasteiger partial charge in [0.1, 0.15) is 17.2 Å². The Morgan fingerprint density at radius 1 is 1.30 bits per heavy atom. The molecule has 0 saturated carbocycles. The summed E-state index contributed by atoms with van der Waals surface area (Å²) in [5.74, 6) is -4.12. The van der Waals surface area contributed by atoms with Gasteiger partial charge in [-0.1, -0.05) is 6.07 Å². The summed E-state index contributed by atoms with van der Waals surface area (Å²) in [5, 5.41) is 22.0. The van der Waals surface area contributed by atoms with E-state index in [0.29, 0.717) is 6.07 Å². The Labute approximate surface area is 168 Å². The van der Waals surface area contributed by atoms with Crippen LogP contribution in [0.3, 0.4) is 0 Å². The van der Waals surface area contributed by atoms with Crippen LogP contribution in [-0.2, 0) is 17.8 Å². The van der Waals surface area contributed by atoms with E-state index >= 15 is 0 Å². The number of aliphatic hydroxyl groups excluding tert-OH is 1. The SMILES string of the molecule is O=C(NCc1ccc(F)cc1F)c1cn2c(c(O)c1=O)C(=O)N1C(C2)OC[C@H]1CO. The van der Waals surface area contributed by atoms with Gasteiger partial charge in [-0.2, -0.15) is 0 Å². The Balaban J connectivity index is 1.62. The Kier molecular flexibility index (Phi) is 5.00. The van der Waals surface area contributed by atoms with Gasteiger partial charge in [-0.05, 0) is 6.07 Å². The molecule has 9 nitrogen and oxygen atoms in total. The maximum Gasteiger partial charge on any atom is 0.277 e. The summed E-state index contributed by atoms with van der Waals surface area (Å²) >= 11 is 0. The Morgan fingerprint density at radius 3 is 2.77 bits per heavy atom. The summed E-state index contributed by atoms with van der Waals surface area (Å²) in [7, 11) is 0. The molecule has 2 aromatic rings. The van der Waals surface area contributed by atoms with E-state index in [1.165, 1.54) is 9.47 Å². The van der Waals surface area contributed by atoms with Crippen LogP contribution in [0.15, 0.2) is 29.2 Å². The average Bonchev–Trinajstić information content (AvgIpc) is 3.13. The maximum atomic E-state index is 13.7. The number of aromatic nitrogens is 1. The van der Waals surface area contributed by atoms with Crippen molar-refractivity contribution in [2.45, 2.75) is 25.4 Å². The van der Waals surface area contributed by atoms with Crippen molar-refractivity contribution >= 4 is 11.8 Å². The molecule has 0 radical (unpaired) electrons. The highest BCUT2D eigenvalue weighted by atomic mass is 19.1. The van der Waals surface area contributed by atoms with Gasteiger partial charge in [0.25, 0.3) is 11.8 Å². The first kappa shape index (κ1) is 20.0. The van der Waals surface area contributed by atoms with E-state index in [9.17, 15) is 33.4 Å². The number of aromatic hydroxyl groups is 1. The normalized spacial score (nSPS) is 20.1. The zero-order valence-corrected chi connectivity index (χ0v) is 15.5. The minimum atomic E-state index is -1.06. The molecular weight excluding hydrogens is 404 g/mol. The molecule has 2 aliphatic heterocycles. The number of carbonyl (C=O) groups is 2. The van der Waals surface area contributed by atoms with Gasteiger partial charge in [0.15, 0.2) is 17.7 Å². The van der Waals surface area contributed by atoms with E-state index in [2.05, 4.69) is 5.32 Å². The second-order valence-corrected chi connectivity index (χ2v) is 6.98. The summed E-state index contributed by atoms with van der Waals surface area (Å²) in [6, 6.07) is 2.26. The third-order valence-corrected chi connectivity index (χ3v) is 5.14. The molecule has 0 spiro atoms. The van der Waals surface area contributed by atoms with Gasteiger partial charge in [0, 0.05) is 24.4 Å². The smallest absolute Gasteiger partial charge is 0.277 e. The van der Waals surface area contributed by atoms with Crippen LogP contribution in [0.2, 0.25) is 0 Å². The molecular formula is C19H17F2N3O6. The summed E-state index contributed by atoms with van der Waals surface area (Å²) in [6.07, 6.45) is 0.409. The van der Waals surface area contributed by atoms with Gasteiger partial charge in [-0.25, -0.2) is 8.78 Å². The topological polar surface area (TPSA) is 121 Å². The van der Waals surface area contributed by atoms with E-state index in [1.807, 2.05) is 0 Å². The number of halogens is 2. The van der Waals surface area contributed by atoms with Crippen molar-refractivity contribution in [1.29, 1.82) is 0 Å². The Bertz CT molecular complexity index is 1100. The maximum absolute atomic E-state index is 13.7. The number of aliphatic hydroxyl groups is 1. The minimum Gasteiger partial charge on any atom is -0.503 e. The molecule has 3 heterocycles. The van der Waals surface area contributed by atoms with Crippen LogP contribution in [0.25, 0.3) is 0 Å². The molecule has 1 fully saturated rings. The number of ether oxygens (including phenoxy) is 1. The third kappa shape index (κ3) is 3.21. The van der Waals surface area contributed by atoms with Gasteiger partial charge in [0.2, 0.25) is 5.43 Å². The van der Waals surface area contributed by atoms with Crippen molar-refractivity contribution in [2.24, 2.45) is 0 Å². The largest absolute Gasteiger partial charge is 0.503 e. The molecule has 11 heteroatoms. The summed E-state index contributed by atoms with van der Waals surface area (Å²) in [5.41, 5.74) is -1.81. The summed E-state index contributed by atoms with van der Waals surface area (Å²) in [6.45, 7) is -0.515. The van der Waals surface area contributed by atoms with E-state index in [0.717, 1.165) is 18.3 Å². The number of benzene rings is 1. The van der Waals surface area contributed by atoms with Crippen LogP contribution in [-0.4, -0.2) is 57.0 Å². The van der Waals surface area contributed by atoms with Gasteiger partial charge in [0.05, 0.1) is 25.8 Å². The number of hydrogen-bond acceptors (Lipinski definition) is 6. The highest BCUT2D eigenvalue weighted by Gasteiger charge is 2.44. The monoisotopic (exact) mass is 421 g/mol. The van der Waals surface area contributed by atoms with E-state index in [1.54, 1.807) is 0 Å². The van der Waals surface area contributed by atoms with Crippen molar-refractivity contribution in [2.75, 3.05) is 13.2 Å². The standard InChI is InChI=1S/C19H17F2N3O6/c20-10-2-1-9(13(21)3-10)4-22-18(28)12-5-23-6-14-24(11(7-25)8-30-14)19(29)15(23)17(27)16(12)26/h1-3,5,11,14,25,27H,4,6-8H2,(H,22,28)/t11-,14?/m1/s1. The van der Waals surface area contributed by atoms with Crippen molar-refractivity contribution < 1.29 is 33.3 Å². The van der Waals surface area contributed by atoms with Crippen LogP contribution >= 0.6 is 0 Å². The molecule has 0 aliphatic carbocycles. The predicted molar refractivity (Wildman–Crippen MR) is 96.7 cm³/mol. The number of hydrogen-bond donors (Lipinski definition) is 3. The van der Waals surface area contributed by atoms with Gasteiger partial charge < -0.3 is 29.7 Å². The number of amides is 2. The molecule has 158 valence electrons. The number of rotatable bonds is 4. The molecule has 1 unspecified atom stereocenters. The fourth-order valence-corrected chi connectivity index (χ4v) is 3.60. The highest BCUT2D eigenvalue weighted by molar-refractivity contribution is 5.99. The lowest BCUT2D eigenvalue weighted by molar-refractivity contribution is 0.00378. The number of pyridine rings is 1. The lowest BCUT2D eigenvalue weighted by Gasteiger charge is -2.34. The number of nitrogens with zero attached hydrogens (tertiary/aromatic N) is 2. The molecule has 1 aromatic heterocycles. The fourth-order valence-electron chi connectivity index (χ4n) is 3.60. The zero-order valence-electron chi connectivity index (χ0n) is 15.5. The molecule has 0 bridgehead atoms. The molecule has 1 saturated heterocycles. The quantitative estimate of drug-likeness (QED) is 0.636. The van der Waals surface area contributed by atoms with Gasteiger partial charge >= 0.3 is 0 Å². The van der Waals surface area contributed by atoms with Crippen molar-refractivity contribution in [3.63, 3.8) is 0 Å². The predicted octanol–water partition coefficient (Wildman–Crippen LogP) is -0.0649. The third-order valence-electron chi connectivity index (χ3n) is 5.14. The number of fused-ring (bicyclic) bond motifs is 2. The van der Waals surface area contributed by atoms with Crippen molar-refractivity contribution in [3.05, 3.63) is 63.1 Å². The lowest BCUT2D eigenvalue weighted by atomic mass is 10.1. The van der Waals surface area contributed by atoms with Crippen LogP contribution < -0.4 is 10.7 Å². The molecule has 1 aromatic carbocycles. The van der Waals surface area contributed by atoms with E-state index in [-0.39, 0.29) is 37.6 Å². The zero-order chi connectivity index (χ0) is 21.6. The molecule has 3 N–H and O–H groups in total. The molecule has 2 amide bonds. The van der Waals surface area contributed by atoms with E-state index < -0.39 is 52.5 Å². The molecule has 2 atom stereocenters. The van der Waals surface area contributed by atoms with E-state index in [4.69, 9.17) is 4.74 Å². The summed E-state index contributed by atoms with van der Waals surface area (Å²) in [4.78, 5) is 39.0. The number of nitrogens with one attached hydrogen (secondary N) is 1. The molecule has 30 heavy (non-hydrogen) atoms. The molecule has 4 rings (SSSR count). The second-order valence-electron chi connectivity index (χ2n) is 6.98. The Hall–Kier alpha value is -3.31. The second kappa shape index (κ2) is 7.50. The van der Waals surface area contributed by atoms with Crippen LogP contribution in [0.5, 0.6) is 5.75 Å². The van der Waals surface area contributed by atoms with Crippen LogP contribution in [0.4, 0.5) is 8.78 Å². The van der Waals surface area contributed by atoms with Crippen LogP contribution in [0, 0.1) is 11.6 Å². The van der Waals surface area contributed by atoms with Crippen molar-refractivity contribution in [1.82, 2.24) is 14.8 Å². The minimum absolute atomic E-state index is 0.00672. The van der Waals surface area contributed by atoms with Crippen molar-refractivity contribution in [3.8, 4) is 5.75 Å². The van der Waals surface area contributed by atoms with Gasteiger partial charge in [-0.3, -0.25) is 14.4 Å². The summed E-state index contributed by atoms with van der Waals surface area (Å²) < 4.78 is 33.4. The first-order valence-electron chi connectivity index (χ1n) is 9.05. The first-order valence-corrected chi connectivity index (χ1v) is 9.05.